The molecule has 0 heterocycles. The summed E-state index contributed by atoms with van der Waals surface area (Å²) in [7, 11) is 0. The van der Waals surface area contributed by atoms with Crippen LogP contribution in [0.2, 0.25) is 5.02 Å². The number of benzene rings is 1. The minimum atomic E-state index is -0.364. The van der Waals surface area contributed by atoms with E-state index in [0.29, 0.717) is 23.2 Å². The SMILES string of the molecule is CC1CC(NCc2cc(Cl)ccc2[N+](=O)[O-])C1. The molecule has 1 aromatic carbocycles. The maximum Gasteiger partial charge on any atom is 0.273 e. The van der Waals surface area contributed by atoms with Crippen molar-refractivity contribution in [3.63, 3.8) is 0 Å². The highest BCUT2D eigenvalue weighted by Gasteiger charge is 2.25. The lowest BCUT2D eigenvalue weighted by Crippen LogP contribution is -2.39. The number of nitro groups is 1. The van der Waals surface area contributed by atoms with Crippen molar-refractivity contribution < 1.29 is 4.92 Å². The Bertz CT molecular complexity index is 431. The molecule has 0 radical (unpaired) electrons. The molecule has 1 fully saturated rings. The third-order valence-electron chi connectivity index (χ3n) is 3.19. The normalized spacial score (nSPS) is 23.2. The molecule has 2 rings (SSSR count). The average molecular weight is 255 g/mol. The topological polar surface area (TPSA) is 55.2 Å². The zero-order chi connectivity index (χ0) is 12.4. The monoisotopic (exact) mass is 254 g/mol. The molecule has 0 aliphatic heterocycles. The first-order chi connectivity index (χ1) is 8.06. The smallest absolute Gasteiger partial charge is 0.273 e. The second-order valence-electron chi connectivity index (χ2n) is 4.68. The molecule has 0 saturated heterocycles. The first-order valence-corrected chi connectivity index (χ1v) is 6.10. The van der Waals surface area contributed by atoms with Gasteiger partial charge in [0.1, 0.15) is 0 Å². The van der Waals surface area contributed by atoms with Crippen molar-refractivity contribution in [2.45, 2.75) is 32.4 Å². The van der Waals surface area contributed by atoms with Gasteiger partial charge in [-0.05, 0) is 30.9 Å². The zero-order valence-electron chi connectivity index (χ0n) is 9.65. The fourth-order valence-electron chi connectivity index (χ4n) is 2.20. The van der Waals surface area contributed by atoms with E-state index in [1.165, 1.54) is 6.07 Å². The van der Waals surface area contributed by atoms with Crippen molar-refractivity contribution in [3.8, 4) is 0 Å². The molecule has 0 bridgehead atoms. The summed E-state index contributed by atoms with van der Waals surface area (Å²) in [4.78, 5) is 10.5. The second kappa shape index (κ2) is 5.02. The van der Waals surface area contributed by atoms with E-state index in [4.69, 9.17) is 11.6 Å². The number of nitrogens with one attached hydrogen (secondary N) is 1. The maximum atomic E-state index is 10.8. The molecule has 1 aromatic rings. The van der Waals surface area contributed by atoms with E-state index in [0.717, 1.165) is 18.8 Å². The number of nitrogens with zero attached hydrogens (tertiary/aromatic N) is 1. The number of halogens is 1. The Labute approximate surface area is 105 Å². The van der Waals surface area contributed by atoms with Crippen molar-refractivity contribution in [1.82, 2.24) is 5.32 Å². The van der Waals surface area contributed by atoms with Crippen LogP contribution in [0.3, 0.4) is 0 Å². The summed E-state index contributed by atoms with van der Waals surface area (Å²) in [5.74, 6) is 0.766. The molecule has 0 atom stereocenters. The largest absolute Gasteiger partial charge is 0.310 e. The van der Waals surface area contributed by atoms with Crippen LogP contribution in [0, 0.1) is 16.0 Å². The van der Waals surface area contributed by atoms with Gasteiger partial charge in [-0.1, -0.05) is 18.5 Å². The number of hydrogen-bond donors (Lipinski definition) is 1. The molecule has 1 saturated carbocycles. The third-order valence-corrected chi connectivity index (χ3v) is 3.43. The minimum absolute atomic E-state index is 0.134. The molecule has 92 valence electrons. The fourth-order valence-corrected chi connectivity index (χ4v) is 2.39. The van der Waals surface area contributed by atoms with Crippen LogP contribution in [0.25, 0.3) is 0 Å². The van der Waals surface area contributed by atoms with Gasteiger partial charge < -0.3 is 5.32 Å². The predicted molar refractivity (Wildman–Crippen MR) is 67.1 cm³/mol. The summed E-state index contributed by atoms with van der Waals surface area (Å²) < 4.78 is 0. The standard InChI is InChI=1S/C12H15ClN2O2/c1-8-4-11(5-8)14-7-9-6-10(13)2-3-12(9)15(16)17/h2-3,6,8,11,14H,4-5,7H2,1H3. The Morgan fingerprint density at radius 2 is 2.24 bits per heavy atom. The van der Waals surface area contributed by atoms with Gasteiger partial charge in [0.15, 0.2) is 0 Å². The van der Waals surface area contributed by atoms with E-state index in [9.17, 15) is 10.1 Å². The number of hydrogen-bond acceptors (Lipinski definition) is 3. The molecule has 0 aromatic heterocycles. The molecular formula is C12H15ClN2O2. The molecule has 1 aliphatic rings. The molecule has 5 heteroatoms. The van der Waals surface area contributed by atoms with Gasteiger partial charge in [-0.25, -0.2) is 0 Å². The van der Waals surface area contributed by atoms with Crippen LogP contribution in [0.1, 0.15) is 25.3 Å². The molecule has 1 N–H and O–H groups in total. The van der Waals surface area contributed by atoms with Crippen LogP contribution in [-0.2, 0) is 6.54 Å². The Morgan fingerprint density at radius 1 is 1.53 bits per heavy atom. The number of nitro benzene ring substituents is 1. The molecular weight excluding hydrogens is 240 g/mol. The van der Waals surface area contributed by atoms with Crippen molar-refractivity contribution in [2.24, 2.45) is 5.92 Å². The summed E-state index contributed by atoms with van der Waals surface area (Å²) in [6, 6.07) is 5.16. The summed E-state index contributed by atoms with van der Waals surface area (Å²) in [5.41, 5.74) is 0.788. The van der Waals surface area contributed by atoms with Gasteiger partial charge in [-0.15, -0.1) is 0 Å². The minimum Gasteiger partial charge on any atom is -0.310 e. The van der Waals surface area contributed by atoms with Gasteiger partial charge in [0.05, 0.1) is 4.92 Å². The van der Waals surface area contributed by atoms with Gasteiger partial charge in [-0.3, -0.25) is 10.1 Å². The van der Waals surface area contributed by atoms with Crippen LogP contribution in [-0.4, -0.2) is 11.0 Å². The molecule has 4 nitrogen and oxygen atoms in total. The molecule has 0 unspecified atom stereocenters. The van der Waals surface area contributed by atoms with E-state index in [2.05, 4.69) is 12.2 Å². The van der Waals surface area contributed by atoms with Crippen LogP contribution in [0.15, 0.2) is 18.2 Å². The Kier molecular flexibility index (Phi) is 3.64. The Balaban J connectivity index is 2.03. The summed E-state index contributed by atoms with van der Waals surface area (Å²) >= 11 is 5.86. The Hall–Kier alpha value is -1.13. The van der Waals surface area contributed by atoms with Crippen molar-refractivity contribution in [3.05, 3.63) is 38.9 Å². The summed E-state index contributed by atoms with van der Waals surface area (Å²) in [6.45, 7) is 2.72. The van der Waals surface area contributed by atoms with Crippen molar-refractivity contribution in [2.75, 3.05) is 0 Å². The first-order valence-electron chi connectivity index (χ1n) is 5.72. The zero-order valence-corrected chi connectivity index (χ0v) is 10.4. The lowest BCUT2D eigenvalue weighted by atomic mass is 9.82. The molecule has 17 heavy (non-hydrogen) atoms. The third kappa shape index (κ3) is 2.96. The van der Waals surface area contributed by atoms with E-state index in [1.54, 1.807) is 12.1 Å². The molecule has 1 aliphatic carbocycles. The van der Waals surface area contributed by atoms with E-state index in [1.807, 2.05) is 0 Å². The fraction of sp³-hybridized carbons (Fsp3) is 0.500. The highest BCUT2D eigenvalue weighted by molar-refractivity contribution is 6.30. The summed E-state index contributed by atoms with van der Waals surface area (Å²) in [6.07, 6.45) is 2.29. The van der Waals surface area contributed by atoms with Gasteiger partial charge >= 0.3 is 0 Å². The Morgan fingerprint density at radius 3 is 2.82 bits per heavy atom. The van der Waals surface area contributed by atoms with Crippen LogP contribution >= 0.6 is 11.6 Å². The van der Waals surface area contributed by atoms with Crippen LogP contribution in [0.5, 0.6) is 0 Å². The van der Waals surface area contributed by atoms with E-state index < -0.39 is 0 Å². The van der Waals surface area contributed by atoms with Crippen LogP contribution < -0.4 is 5.32 Å². The van der Waals surface area contributed by atoms with Crippen molar-refractivity contribution in [1.29, 1.82) is 0 Å². The highest BCUT2D eigenvalue weighted by Crippen LogP contribution is 2.28. The lowest BCUT2D eigenvalue weighted by Gasteiger charge is -2.33. The predicted octanol–water partition coefficient (Wildman–Crippen LogP) is 3.14. The van der Waals surface area contributed by atoms with E-state index >= 15 is 0 Å². The van der Waals surface area contributed by atoms with E-state index in [-0.39, 0.29) is 10.6 Å². The second-order valence-corrected chi connectivity index (χ2v) is 5.12. The van der Waals surface area contributed by atoms with Crippen molar-refractivity contribution >= 4 is 17.3 Å². The van der Waals surface area contributed by atoms with Gasteiger partial charge in [0.25, 0.3) is 5.69 Å². The molecule has 0 amide bonds. The number of rotatable bonds is 4. The lowest BCUT2D eigenvalue weighted by molar-refractivity contribution is -0.385. The molecule has 0 spiro atoms. The summed E-state index contributed by atoms with van der Waals surface area (Å²) in [5, 5.41) is 14.7. The van der Waals surface area contributed by atoms with Gasteiger partial charge in [-0.2, -0.15) is 0 Å². The van der Waals surface area contributed by atoms with Gasteiger partial charge in [0, 0.05) is 29.2 Å². The quantitative estimate of drug-likeness (QED) is 0.663. The van der Waals surface area contributed by atoms with Gasteiger partial charge in [0.2, 0.25) is 0 Å². The maximum absolute atomic E-state index is 10.8. The average Bonchev–Trinajstić information content (AvgIpc) is 2.22. The highest BCUT2D eigenvalue weighted by atomic mass is 35.5. The van der Waals surface area contributed by atoms with Crippen LogP contribution in [0.4, 0.5) is 5.69 Å². The first kappa shape index (κ1) is 12.3.